The van der Waals surface area contributed by atoms with E-state index in [1.807, 2.05) is 50.2 Å². The number of nitrogens with one attached hydrogen (secondary N) is 1. The lowest BCUT2D eigenvalue weighted by Crippen LogP contribution is -2.38. The van der Waals surface area contributed by atoms with Gasteiger partial charge in [0, 0.05) is 0 Å². The summed E-state index contributed by atoms with van der Waals surface area (Å²) in [6, 6.07) is 14.6. The molecule has 0 aliphatic carbocycles. The van der Waals surface area contributed by atoms with Gasteiger partial charge >= 0.3 is 0 Å². The van der Waals surface area contributed by atoms with Gasteiger partial charge in [-0.1, -0.05) is 38.1 Å². The third kappa shape index (κ3) is 2.90. The van der Waals surface area contributed by atoms with Crippen LogP contribution in [0.1, 0.15) is 24.2 Å². The minimum absolute atomic E-state index is 0.0462. The Morgan fingerprint density at radius 2 is 1.62 bits per heavy atom. The van der Waals surface area contributed by atoms with Crippen LogP contribution in [0.2, 0.25) is 0 Å². The fraction of sp³-hybridized carbons (Fsp3) is 0.263. The lowest BCUT2D eigenvalue weighted by molar-refractivity contribution is -0.118. The van der Waals surface area contributed by atoms with Crippen LogP contribution in [0.15, 0.2) is 48.5 Å². The number of fused-ring (bicyclic) bond motifs is 2. The molecule has 5 heteroatoms. The molecule has 0 atom stereocenters. The number of carbonyl (C=O) groups is 2. The first-order valence-corrected chi connectivity index (χ1v) is 8.20. The molecule has 3 rings (SSSR count). The SMILES string of the molecule is CCN(CC)CC(=O)N1c2ccccc2NC(=O)c2ccccc21. The molecule has 124 valence electrons. The Morgan fingerprint density at radius 3 is 2.33 bits per heavy atom. The number of hydrogen-bond acceptors (Lipinski definition) is 3. The Hall–Kier alpha value is -2.66. The van der Waals surface area contributed by atoms with Crippen LogP contribution >= 0.6 is 0 Å². The van der Waals surface area contributed by atoms with Gasteiger partial charge in [0.25, 0.3) is 5.91 Å². The predicted octanol–water partition coefficient (Wildman–Crippen LogP) is 3.26. The zero-order valence-corrected chi connectivity index (χ0v) is 14.0. The third-order valence-corrected chi connectivity index (χ3v) is 4.29. The van der Waals surface area contributed by atoms with Gasteiger partial charge in [-0.3, -0.25) is 19.4 Å². The van der Waals surface area contributed by atoms with Gasteiger partial charge in [0.2, 0.25) is 5.91 Å². The molecule has 2 aromatic rings. The Kier molecular flexibility index (Phi) is 4.62. The molecular formula is C19H21N3O2. The first-order valence-electron chi connectivity index (χ1n) is 8.20. The summed E-state index contributed by atoms with van der Waals surface area (Å²) in [6.45, 7) is 5.98. The maximum Gasteiger partial charge on any atom is 0.257 e. The van der Waals surface area contributed by atoms with Crippen molar-refractivity contribution in [2.45, 2.75) is 13.8 Å². The standard InChI is InChI=1S/C19H21N3O2/c1-3-21(4-2)13-18(23)22-16-11-7-5-9-14(16)19(24)20-15-10-6-8-12-17(15)22/h5-12H,3-4,13H2,1-2H3,(H,20,24). The average Bonchev–Trinajstić information content (AvgIpc) is 2.73. The highest BCUT2D eigenvalue weighted by Crippen LogP contribution is 2.37. The summed E-state index contributed by atoms with van der Waals surface area (Å²) in [5.74, 6) is -0.244. The lowest BCUT2D eigenvalue weighted by Gasteiger charge is -2.27. The van der Waals surface area contributed by atoms with Crippen molar-refractivity contribution in [3.8, 4) is 0 Å². The number of rotatable bonds is 4. The van der Waals surface area contributed by atoms with Crippen LogP contribution in [0.5, 0.6) is 0 Å². The van der Waals surface area contributed by atoms with Crippen LogP contribution in [0.3, 0.4) is 0 Å². The van der Waals surface area contributed by atoms with Gasteiger partial charge in [-0.25, -0.2) is 0 Å². The molecule has 24 heavy (non-hydrogen) atoms. The van der Waals surface area contributed by atoms with E-state index >= 15 is 0 Å². The number of nitrogens with zero attached hydrogens (tertiary/aromatic N) is 2. The number of likely N-dealkylation sites (N-methyl/N-ethyl adjacent to an activating group) is 1. The van der Waals surface area contributed by atoms with E-state index in [4.69, 9.17) is 0 Å². The van der Waals surface area contributed by atoms with Crippen LogP contribution in [0.4, 0.5) is 17.1 Å². The number of carbonyl (C=O) groups excluding carboxylic acids is 2. The summed E-state index contributed by atoms with van der Waals surface area (Å²) in [6.07, 6.45) is 0. The highest BCUT2D eigenvalue weighted by atomic mass is 16.2. The first kappa shape index (κ1) is 16.2. The lowest BCUT2D eigenvalue weighted by atomic mass is 10.1. The molecule has 0 saturated carbocycles. The fourth-order valence-corrected chi connectivity index (χ4v) is 2.93. The molecule has 1 aliphatic heterocycles. The highest BCUT2D eigenvalue weighted by Gasteiger charge is 2.29. The molecule has 1 aliphatic rings. The number of para-hydroxylation sites is 3. The molecule has 0 aromatic heterocycles. The van der Waals surface area contributed by atoms with Crippen molar-refractivity contribution in [3.63, 3.8) is 0 Å². The molecule has 1 N–H and O–H groups in total. The van der Waals surface area contributed by atoms with Gasteiger partial charge < -0.3 is 5.32 Å². The molecule has 0 spiro atoms. The zero-order chi connectivity index (χ0) is 17.1. The Labute approximate surface area is 141 Å². The molecule has 5 nitrogen and oxygen atoms in total. The zero-order valence-electron chi connectivity index (χ0n) is 14.0. The van der Waals surface area contributed by atoms with E-state index < -0.39 is 0 Å². The van der Waals surface area contributed by atoms with Crippen molar-refractivity contribution in [2.24, 2.45) is 0 Å². The second kappa shape index (κ2) is 6.84. The van der Waals surface area contributed by atoms with E-state index in [1.165, 1.54) is 0 Å². The molecule has 0 saturated heterocycles. The van der Waals surface area contributed by atoms with E-state index in [2.05, 4.69) is 10.2 Å². The fourth-order valence-electron chi connectivity index (χ4n) is 2.93. The molecule has 2 amide bonds. The monoisotopic (exact) mass is 323 g/mol. The second-order valence-corrected chi connectivity index (χ2v) is 5.68. The summed E-state index contributed by atoms with van der Waals surface area (Å²) >= 11 is 0. The van der Waals surface area contributed by atoms with E-state index in [0.717, 1.165) is 13.1 Å². The van der Waals surface area contributed by atoms with Gasteiger partial charge in [0.1, 0.15) is 0 Å². The van der Waals surface area contributed by atoms with E-state index in [0.29, 0.717) is 29.2 Å². The minimum atomic E-state index is -0.198. The summed E-state index contributed by atoms with van der Waals surface area (Å²) in [7, 11) is 0. The minimum Gasteiger partial charge on any atom is -0.320 e. The third-order valence-electron chi connectivity index (χ3n) is 4.29. The van der Waals surface area contributed by atoms with Crippen LogP contribution in [-0.4, -0.2) is 36.3 Å². The largest absolute Gasteiger partial charge is 0.320 e. The number of benzene rings is 2. The van der Waals surface area contributed by atoms with Crippen molar-refractivity contribution < 1.29 is 9.59 Å². The molecule has 2 aromatic carbocycles. The van der Waals surface area contributed by atoms with E-state index in [1.54, 1.807) is 17.0 Å². The van der Waals surface area contributed by atoms with Crippen LogP contribution < -0.4 is 10.2 Å². The normalized spacial score (nSPS) is 13.1. The first-order chi connectivity index (χ1) is 11.7. The molecule has 0 fully saturated rings. The van der Waals surface area contributed by atoms with Gasteiger partial charge in [-0.05, 0) is 37.4 Å². The molecule has 0 radical (unpaired) electrons. The van der Waals surface area contributed by atoms with Crippen molar-refractivity contribution in [1.82, 2.24) is 4.90 Å². The summed E-state index contributed by atoms with van der Waals surface area (Å²) in [5.41, 5.74) is 2.47. The molecule has 0 unspecified atom stereocenters. The van der Waals surface area contributed by atoms with E-state index in [9.17, 15) is 9.59 Å². The van der Waals surface area contributed by atoms with Gasteiger partial charge in [-0.15, -0.1) is 0 Å². The number of anilines is 3. The Bertz CT molecular complexity index is 769. The van der Waals surface area contributed by atoms with Gasteiger partial charge in [-0.2, -0.15) is 0 Å². The number of hydrogen-bond donors (Lipinski definition) is 1. The Balaban J connectivity index is 2.11. The smallest absolute Gasteiger partial charge is 0.257 e. The Morgan fingerprint density at radius 1 is 1.00 bits per heavy atom. The topological polar surface area (TPSA) is 52.7 Å². The van der Waals surface area contributed by atoms with Crippen LogP contribution in [0, 0.1) is 0 Å². The van der Waals surface area contributed by atoms with E-state index in [-0.39, 0.29) is 11.8 Å². The van der Waals surface area contributed by atoms with Crippen molar-refractivity contribution in [2.75, 3.05) is 29.9 Å². The average molecular weight is 323 g/mol. The quantitative estimate of drug-likeness (QED) is 0.939. The summed E-state index contributed by atoms with van der Waals surface area (Å²) in [5, 5.41) is 2.90. The number of amides is 2. The maximum absolute atomic E-state index is 13.1. The van der Waals surface area contributed by atoms with Crippen molar-refractivity contribution >= 4 is 28.9 Å². The van der Waals surface area contributed by atoms with Crippen LogP contribution in [-0.2, 0) is 4.79 Å². The summed E-state index contributed by atoms with van der Waals surface area (Å²) in [4.78, 5) is 29.3. The summed E-state index contributed by atoms with van der Waals surface area (Å²) < 4.78 is 0. The second-order valence-electron chi connectivity index (χ2n) is 5.68. The van der Waals surface area contributed by atoms with Crippen molar-refractivity contribution in [3.05, 3.63) is 54.1 Å². The molecule has 1 heterocycles. The molecular weight excluding hydrogens is 302 g/mol. The van der Waals surface area contributed by atoms with Gasteiger partial charge in [0.15, 0.2) is 0 Å². The van der Waals surface area contributed by atoms with Gasteiger partial charge in [0.05, 0.1) is 29.2 Å². The van der Waals surface area contributed by atoms with Crippen LogP contribution in [0.25, 0.3) is 0 Å². The highest BCUT2D eigenvalue weighted by molar-refractivity contribution is 6.17. The predicted molar refractivity (Wildman–Crippen MR) is 95.8 cm³/mol. The van der Waals surface area contributed by atoms with Crippen molar-refractivity contribution in [1.29, 1.82) is 0 Å². The maximum atomic E-state index is 13.1. The molecule has 0 bridgehead atoms.